The number of anilines is 1. The van der Waals surface area contributed by atoms with E-state index in [0.29, 0.717) is 36.2 Å². The molecule has 0 aromatic carbocycles. The number of nitrogens with one attached hydrogen (secondary N) is 1. The van der Waals surface area contributed by atoms with E-state index in [9.17, 15) is 9.18 Å². The summed E-state index contributed by atoms with van der Waals surface area (Å²) in [4.78, 5) is 25.7. The lowest BCUT2D eigenvalue weighted by Gasteiger charge is -2.59. The summed E-state index contributed by atoms with van der Waals surface area (Å²) < 4.78 is 13.1. The van der Waals surface area contributed by atoms with Crippen LogP contribution < -0.4 is 5.32 Å². The van der Waals surface area contributed by atoms with E-state index in [0.717, 1.165) is 25.0 Å². The highest BCUT2D eigenvalue weighted by atomic mass is 19.1. The normalized spacial score (nSPS) is 22.5. The number of aromatic nitrogens is 5. The lowest BCUT2D eigenvalue weighted by atomic mass is 9.62. The number of fused-ring (bicyclic) bond motifs is 2. The Hall–Kier alpha value is -3.36. The van der Waals surface area contributed by atoms with Gasteiger partial charge in [0.1, 0.15) is 17.3 Å². The van der Waals surface area contributed by atoms with Gasteiger partial charge in [0.05, 0.1) is 24.1 Å². The number of pyridine rings is 2. The predicted octanol–water partition coefficient (Wildman–Crippen LogP) is 2.61. The number of hydrogen-bond donors (Lipinski definition) is 1. The van der Waals surface area contributed by atoms with E-state index in [-0.39, 0.29) is 17.3 Å². The summed E-state index contributed by atoms with van der Waals surface area (Å²) >= 11 is 0. The molecule has 3 aromatic rings. The van der Waals surface area contributed by atoms with Gasteiger partial charge in [-0.05, 0) is 56.4 Å². The van der Waals surface area contributed by atoms with Gasteiger partial charge in [-0.3, -0.25) is 4.79 Å². The van der Waals surface area contributed by atoms with Crippen LogP contribution in [0, 0.1) is 18.7 Å². The van der Waals surface area contributed by atoms with Crippen molar-refractivity contribution >= 4 is 11.7 Å². The van der Waals surface area contributed by atoms with Crippen molar-refractivity contribution in [2.75, 3.05) is 18.4 Å². The number of carbonyl (C=O) groups excluding carboxylic acids is 1. The number of piperidine rings is 2. The van der Waals surface area contributed by atoms with Crippen molar-refractivity contribution < 1.29 is 9.18 Å². The Bertz CT molecular complexity index is 1060. The molecule has 1 saturated carbocycles. The third-order valence-corrected chi connectivity index (χ3v) is 6.09. The zero-order valence-corrected chi connectivity index (χ0v) is 16.6. The third-order valence-electron chi connectivity index (χ3n) is 6.09. The maximum atomic E-state index is 13.7. The van der Waals surface area contributed by atoms with Crippen LogP contribution in [-0.4, -0.2) is 54.4 Å². The summed E-state index contributed by atoms with van der Waals surface area (Å²) in [6, 6.07) is 6.67. The molecule has 2 aliphatic heterocycles. The van der Waals surface area contributed by atoms with Crippen molar-refractivity contribution in [2.45, 2.75) is 31.7 Å². The summed E-state index contributed by atoms with van der Waals surface area (Å²) in [5.74, 6) is 0.747. The summed E-state index contributed by atoms with van der Waals surface area (Å²) in [7, 11) is 0. The highest BCUT2D eigenvalue weighted by Gasteiger charge is 2.54. The Kier molecular flexibility index (Phi) is 4.45. The number of nitrogens with zero attached hydrogens (tertiary/aromatic N) is 6. The fourth-order valence-corrected chi connectivity index (χ4v) is 4.62. The van der Waals surface area contributed by atoms with E-state index >= 15 is 0 Å². The van der Waals surface area contributed by atoms with Crippen LogP contribution in [0.25, 0.3) is 5.69 Å². The smallest absolute Gasteiger partial charge is 0.275 e. The maximum Gasteiger partial charge on any atom is 0.275 e. The minimum Gasteiger partial charge on any atom is -0.368 e. The van der Waals surface area contributed by atoms with Crippen LogP contribution >= 0.6 is 0 Å². The van der Waals surface area contributed by atoms with Crippen LogP contribution in [0.1, 0.15) is 35.4 Å². The van der Waals surface area contributed by atoms with Crippen LogP contribution in [0.3, 0.4) is 0 Å². The minimum absolute atomic E-state index is 0.113. The van der Waals surface area contributed by atoms with Crippen LogP contribution in [0.4, 0.5) is 10.2 Å². The van der Waals surface area contributed by atoms with E-state index in [1.165, 1.54) is 17.1 Å². The highest BCUT2D eigenvalue weighted by molar-refractivity contribution is 5.96. The number of rotatable bonds is 5. The second-order valence-electron chi connectivity index (χ2n) is 8.10. The number of carbonyl (C=O) groups is 1. The predicted molar refractivity (Wildman–Crippen MR) is 108 cm³/mol. The lowest BCUT2D eigenvalue weighted by molar-refractivity contribution is -0.0490. The standard InChI is InChI=1S/C21H22FN7O/c1-14-2-4-17(29-25-7-8-26-29)19(27-14)20(30)28-9-6-15-10-21(28,11-15)13-24-18-5-3-16(22)12-23-18/h2-5,7-8,12,15H,6,9-11,13H2,1H3,(H,23,24). The molecule has 6 rings (SSSR count). The fraction of sp³-hybridized carbons (Fsp3) is 0.381. The zero-order chi connectivity index (χ0) is 20.7. The minimum atomic E-state index is -0.373. The average Bonchev–Trinajstić information content (AvgIpc) is 3.27. The number of halogens is 1. The molecule has 0 spiro atoms. The number of hydrogen-bond acceptors (Lipinski definition) is 6. The molecule has 154 valence electrons. The van der Waals surface area contributed by atoms with E-state index in [2.05, 4.69) is 25.5 Å². The molecule has 1 N–H and O–H groups in total. The van der Waals surface area contributed by atoms with Gasteiger partial charge < -0.3 is 10.2 Å². The Labute approximate surface area is 173 Å². The third kappa shape index (κ3) is 3.20. The molecule has 5 heterocycles. The van der Waals surface area contributed by atoms with Gasteiger partial charge in [0.2, 0.25) is 0 Å². The van der Waals surface area contributed by atoms with Crippen LogP contribution in [-0.2, 0) is 0 Å². The Morgan fingerprint density at radius 3 is 2.77 bits per heavy atom. The second-order valence-corrected chi connectivity index (χ2v) is 8.10. The van der Waals surface area contributed by atoms with Gasteiger partial charge in [-0.2, -0.15) is 10.2 Å². The molecule has 1 aliphatic carbocycles. The monoisotopic (exact) mass is 407 g/mol. The molecule has 30 heavy (non-hydrogen) atoms. The highest BCUT2D eigenvalue weighted by Crippen LogP contribution is 2.49. The van der Waals surface area contributed by atoms with Crippen molar-refractivity contribution in [3.8, 4) is 5.69 Å². The summed E-state index contributed by atoms with van der Waals surface area (Å²) in [6.45, 7) is 3.11. The molecule has 3 fully saturated rings. The molecule has 8 nitrogen and oxygen atoms in total. The largest absolute Gasteiger partial charge is 0.368 e. The Balaban J connectivity index is 1.43. The zero-order valence-electron chi connectivity index (χ0n) is 16.6. The topological polar surface area (TPSA) is 88.8 Å². The van der Waals surface area contributed by atoms with Gasteiger partial charge in [0, 0.05) is 18.8 Å². The molecule has 0 unspecified atom stereocenters. The van der Waals surface area contributed by atoms with Gasteiger partial charge in [-0.15, -0.1) is 4.80 Å². The van der Waals surface area contributed by atoms with Crippen molar-refractivity contribution in [3.63, 3.8) is 0 Å². The number of aryl methyl sites for hydroxylation is 1. The SMILES string of the molecule is Cc1ccc(-n2nccn2)c(C(=O)N2CCC3CC2(CNc2ccc(F)cn2)C3)n1. The average molecular weight is 407 g/mol. The molecule has 2 saturated heterocycles. The van der Waals surface area contributed by atoms with Gasteiger partial charge >= 0.3 is 0 Å². The Morgan fingerprint density at radius 1 is 1.23 bits per heavy atom. The molecule has 0 atom stereocenters. The van der Waals surface area contributed by atoms with Crippen molar-refractivity contribution in [1.29, 1.82) is 0 Å². The van der Waals surface area contributed by atoms with E-state index in [1.54, 1.807) is 18.5 Å². The van der Waals surface area contributed by atoms with Gasteiger partial charge in [0.15, 0.2) is 5.69 Å². The first-order valence-corrected chi connectivity index (χ1v) is 10.1. The maximum absolute atomic E-state index is 13.7. The molecule has 9 heteroatoms. The summed E-state index contributed by atoms with van der Waals surface area (Å²) in [6.07, 6.45) is 7.21. The van der Waals surface area contributed by atoms with Crippen LogP contribution in [0.2, 0.25) is 0 Å². The van der Waals surface area contributed by atoms with Gasteiger partial charge in [-0.25, -0.2) is 14.4 Å². The van der Waals surface area contributed by atoms with E-state index in [4.69, 9.17) is 0 Å². The Morgan fingerprint density at radius 2 is 2.03 bits per heavy atom. The van der Waals surface area contributed by atoms with Crippen molar-refractivity contribution in [3.05, 3.63) is 60.1 Å². The van der Waals surface area contributed by atoms with Crippen molar-refractivity contribution in [2.24, 2.45) is 5.92 Å². The fourth-order valence-electron chi connectivity index (χ4n) is 4.62. The molecular weight excluding hydrogens is 385 g/mol. The van der Waals surface area contributed by atoms with Crippen LogP contribution in [0.15, 0.2) is 42.9 Å². The van der Waals surface area contributed by atoms with Gasteiger partial charge in [0.25, 0.3) is 5.91 Å². The second kappa shape index (κ2) is 7.16. The first kappa shape index (κ1) is 18.7. The summed E-state index contributed by atoms with van der Waals surface area (Å²) in [5.41, 5.74) is 1.40. The van der Waals surface area contributed by atoms with E-state index in [1.807, 2.05) is 24.0 Å². The van der Waals surface area contributed by atoms with E-state index < -0.39 is 0 Å². The molecule has 2 bridgehead atoms. The first-order valence-electron chi connectivity index (χ1n) is 10.1. The number of amides is 1. The molecule has 3 aromatic heterocycles. The van der Waals surface area contributed by atoms with Crippen molar-refractivity contribution in [1.82, 2.24) is 29.9 Å². The van der Waals surface area contributed by atoms with Crippen LogP contribution in [0.5, 0.6) is 0 Å². The molecule has 0 radical (unpaired) electrons. The molecule has 3 aliphatic rings. The quantitative estimate of drug-likeness (QED) is 0.699. The molecule has 1 amide bonds. The lowest BCUT2D eigenvalue weighted by Crippen LogP contribution is -2.67. The van der Waals surface area contributed by atoms with Gasteiger partial charge in [-0.1, -0.05) is 0 Å². The first-order chi connectivity index (χ1) is 14.5. The molecular formula is C21H22FN7O. The summed E-state index contributed by atoms with van der Waals surface area (Å²) in [5, 5.41) is 11.6.